The summed E-state index contributed by atoms with van der Waals surface area (Å²) in [5, 5.41) is 2.92. The second kappa shape index (κ2) is 10.6. The van der Waals surface area contributed by atoms with Crippen molar-refractivity contribution in [2.75, 3.05) is 19.3 Å². The Balaban J connectivity index is 1.74. The highest BCUT2D eigenvalue weighted by molar-refractivity contribution is 7.98. The Labute approximate surface area is 191 Å². The van der Waals surface area contributed by atoms with Crippen LogP contribution in [0.25, 0.3) is 0 Å². The molecule has 1 N–H and O–H groups in total. The summed E-state index contributed by atoms with van der Waals surface area (Å²) in [7, 11) is 0. The fraction of sp³-hybridized carbons (Fsp3) is 0.458. The molecule has 1 aliphatic rings. The average Bonchev–Trinajstić information content (AvgIpc) is 2.74. The first kappa shape index (κ1) is 24.5. The maximum Gasteiger partial charge on any atom is 0.416 e. The number of urea groups is 1. The lowest BCUT2D eigenvalue weighted by atomic mass is 9.96. The van der Waals surface area contributed by atoms with Crippen molar-refractivity contribution in [3.63, 3.8) is 0 Å². The van der Waals surface area contributed by atoms with Gasteiger partial charge in [-0.05, 0) is 48.9 Å². The number of hydrogen-bond donors (Lipinski definition) is 1. The number of ether oxygens (including phenoxy) is 1. The van der Waals surface area contributed by atoms with Gasteiger partial charge in [-0.1, -0.05) is 37.3 Å². The van der Waals surface area contributed by atoms with Crippen molar-refractivity contribution in [1.82, 2.24) is 10.2 Å². The van der Waals surface area contributed by atoms with E-state index in [1.54, 1.807) is 22.7 Å². The molecule has 2 amide bonds. The first-order chi connectivity index (χ1) is 15.2. The molecule has 1 saturated heterocycles. The molecule has 0 radical (unpaired) electrons. The van der Waals surface area contributed by atoms with Crippen molar-refractivity contribution in [2.24, 2.45) is 0 Å². The number of thioether (sulfide) groups is 1. The Hall–Kier alpha value is -2.19. The molecule has 0 aliphatic carbocycles. The highest BCUT2D eigenvalue weighted by Gasteiger charge is 2.36. The zero-order valence-electron chi connectivity index (χ0n) is 18.5. The van der Waals surface area contributed by atoms with Crippen LogP contribution in [0.3, 0.4) is 0 Å². The number of likely N-dealkylation sites (tertiary alicyclic amines) is 1. The van der Waals surface area contributed by atoms with Crippen LogP contribution >= 0.6 is 11.8 Å². The molecule has 2 unspecified atom stereocenters. The van der Waals surface area contributed by atoms with Crippen molar-refractivity contribution < 1.29 is 22.7 Å². The Morgan fingerprint density at radius 1 is 1.19 bits per heavy atom. The molecule has 0 saturated carbocycles. The van der Waals surface area contributed by atoms with Crippen LogP contribution in [0.4, 0.5) is 18.0 Å². The first-order valence-corrected chi connectivity index (χ1v) is 11.9. The van der Waals surface area contributed by atoms with Crippen LogP contribution in [0.5, 0.6) is 0 Å². The molecule has 2 aromatic carbocycles. The molecule has 174 valence electrons. The SMILES string of the molecule is CCC(C)NC(=O)N1CC(OC(Cc2ccccc2C(F)(F)F)c2ccc(SC)cc2)C1. The second-order valence-corrected chi connectivity index (χ2v) is 8.92. The van der Waals surface area contributed by atoms with Gasteiger partial charge in [0.1, 0.15) is 0 Å². The summed E-state index contributed by atoms with van der Waals surface area (Å²) in [5.74, 6) is 0. The zero-order valence-corrected chi connectivity index (χ0v) is 19.3. The van der Waals surface area contributed by atoms with Crippen LogP contribution in [0, 0.1) is 0 Å². The molecule has 4 nitrogen and oxygen atoms in total. The number of halogens is 3. The Morgan fingerprint density at radius 2 is 1.84 bits per heavy atom. The third-order valence-corrected chi connectivity index (χ3v) is 6.43. The molecule has 0 aromatic heterocycles. The molecule has 3 rings (SSSR count). The average molecular weight is 467 g/mol. The minimum atomic E-state index is -4.43. The Kier molecular flexibility index (Phi) is 8.11. The van der Waals surface area contributed by atoms with E-state index in [0.29, 0.717) is 13.1 Å². The number of carbonyl (C=O) groups is 1. The minimum absolute atomic E-state index is 0.0871. The predicted molar refractivity (Wildman–Crippen MR) is 121 cm³/mol. The Morgan fingerprint density at radius 3 is 2.44 bits per heavy atom. The summed E-state index contributed by atoms with van der Waals surface area (Å²) in [6.45, 7) is 4.78. The number of nitrogens with one attached hydrogen (secondary N) is 1. The van der Waals surface area contributed by atoms with Gasteiger partial charge in [-0.3, -0.25) is 0 Å². The molecular formula is C24H29F3N2O2S. The summed E-state index contributed by atoms with van der Waals surface area (Å²) >= 11 is 1.60. The number of benzene rings is 2. The van der Waals surface area contributed by atoms with Crippen molar-refractivity contribution in [1.29, 1.82) is 0 Å². The van der Waals surface area contributed by atoms with Gasteiger partial charge in [0.2, 0.25) is 0 Å². The van der Waals surface area contributed by atoms with E-state index in [1.165, 1.54) is 12.1 Å². The molecule has 1 fully saturated rings. The fourth-order valence-corrected chi connectivity index (χ4v) is 3.97. The third kappa shape index (κ3) is 6.19. The van der Waals surface area contributed by atoms with E-state index in [9.17, 15) is 18.0 Å². The van der Waals surface area contributed by atoms with Crippen LogP contribution in [0.15, 0.2) is 53.4 Å². The highest BCUT2D eigenvalue weighted by Crippen LogP contribution is 2.35. The first-order valence-electron chi connectivity index (χ1n) is 10.7. The molecule has 32 heavy (non-hydrogen) atoms. The van der Waals surface area contributed by atoms with Gasteiger partial charge in [-0.2, -0.15) is 13.2 Å². The monoisotopic (exact) mass is 466 g/mol. The summed E-state index contributed by atoms with van der Waals surface area (Å²) in [4.78, 5) is 15.0. The standard InChI is InChI=1S/C24H29F3N2O2S/c1-4-16(2)28-23(30)29-14-19(15-29)31-22(17-9-11-20(32-3)12-10-17)13-18-7-5-6-8-21(18)24(25,26)27/h5-12,16,19,22H,4,13-15H2,1-3H3,(H,28,30). The van der Waals surface area contributed by atoms with Gasteiger partial charge in [0.15, 0.2) is 0 Å². The van der Waals surface area contributed by atoms with Crippen LogP contribution < -0.4 is 5.32 Å². The molecule has 1 heterocycles. The van der Waals surface area contributed by atoms with Gasteiger partial charge in [0.25, 0.3) is 0 Å². The maximum absolute atomic E-state index is 13.5. The quantitative estimate of drug-likeness (QED) is 0.491. The fourth-order valence-electron chi connectivity index (χ4n) is 3.56. The van der Waals surface area contributed by atoms with E-state index >= 15 is 0 Å². The van der Waals surface area contributed by atoms with Gasteiger partial charge in [-0.25, -0.2) is 4.79 Å². The van der Waals surface area contributed by atoms with Crippen molar-refractivity contribution in [3.05, 3.63) is 65.2 Å². The van der Waals surface area contributed by atoms with E-state index in [1.807, 2.05) is 44.4 Å². The largest absolute Gasteiger partial charge is 0.416 e. The van der Waals surface area contributed by atoms with E-state index in [4.69, 9.17) is 4.74 Å². The number of amides is 2. The van der Waals surface area contributed by atoms with Crippen molar-refractivity contribution >= 4 is 17.8 Å². The summed E-state index contributed by atoms with van der Waals surface area (Å²) in [6, 6.07) is 13.3. The predicted octanol–water partition coefficient (Wildman–Crippen LogP) is 5.92. The van der Waals surface area contributed by atoms with E-state index in [2.05, 4.69) is 5.32 Å². The molecule has 0 spiro atoms. The van der Waals surface area contributed by atoms with E-state index in [-0.39, 0.29) is 30.2 Å². The lowest BCUT2D eigenvalue weighted by Gasteiger charge is -2.41. The molecule has 2 atom stereocenters. The van der Waals surface area contributed by atoms with Crippen LogP contribution in [-0.4, -0.2) is 42.4 Å². The molecule has 8 heteroatoms. The van der Waals surface area contributed by atoms with Crippen molar-refractivity contribution in [3.8, 4) is 0 Å². The highest BCUT2D eigenvalue weighted by atomic mass is 32.2. The van der Waals surface area contributed by atoms with Gasteiger partial charge in [0, 0.05) is 17.4 Å². The maximum atomic E-state index is 13.5. The van der Waals surface area contributed by atoms with E-state index in [0.717, 1.165) is 22.9 Å². The van der Waals surface area contributed by atoms with Gasteiger partial charge in [-0.15, -0.1) is 11.8 Å². The lowest BCUT2D eigenvalue weighted by Crippen LogP contribution is -2.59. The van der Waals surface area contributed by atoms with Gasteiger partial charge >= 0.3 is 12.2 Å². The normalized spacial score (nSPS) is 16.4. The van der Waals surface area contributed by atoms with Crippen molar-refractivity contribution in [2.45, 2.75) is 56.0 Å². The number of alkyl halides is 3. The summed E-state index contributed by atoms with van der Waals surface area (Å²) in [5.41, 5.74) is 0.379. The smallest absolute Gasteiger partial charge is 0.366 e. The molecule has 0 bridgehead atoms. The van der Waals surface area contributed by atoms with Crippen LogP contribution in [-0.2, 0) is 17.3 Å². The zero-order chi connectivity index (χ0) is 23.3. The molecule has 2 aromatic rings. The lowest BCUT2D eigenvalue weighted by molar-refractivity contribution is -0.138. The number of rotatable bonds is 8. The third-order valence-electron chi connectivity index (χ3n) is 5.69. The minimum Gasteiger partial charge on any atom is -0.366 e. The molecular weight excluding hydrogens is 437 g/mol. The van der Waals surface area contributed by atoms with Crippen LogP contribution in [0.2, 0.25) is 0 Å². The van der Waals surface area contributed by atoms with Gasteiger partial charge in [0.05, 0.1) is 30.9 Å². The second-order valence-electron chi connectivity index (χ2n) is 8.04. The number of carbonyl (C=O) groups excluding carboxylic acids is 1. The Bertz CT molecular complexity index is 899. The summed E-state index contributed by atoms with van der Waals surface area (Å²) in [6.07, 6.45) is -2.28. The van der Waals surface area contributed by atoms with Crippen LogP contribution in [0.1, 0.15) is 43.1 Å². The number of hydrogen-bond acceptors (Lipinski definition) is 3. The molecule has 1 aliphatic heterocycles. The summed E-state index contributed by atoms with van der Waals surface area (Å²) < 4.78 is 46.8. The topological polar surface area (TPSA) is 41.6 Å². The number of nitrogens with zero attached hydrogens (tertiary/aromatic N) is 1. The van der Waals surface area contributed by atoms with Gasteiger partial charge < -0.3 is 15.0 Å². The van der Waals surface area contributed by atoms with E-state index < -0.39 is 17.8 Å².